The molecule has 4 heteroatoms. The fraction of sp³-hybridized carbons (Fsp3) is 0.200. The molecule has 0 fully saturated rings. The first-order valence-electron chi connectivity index (χ1n) is 4.35. The summed E-state index contributed by atoms with van der Waals surface area (Å²) >= 11 is 4.84. The number of rotatable bonds is 2. The molecule has 1 aliphatic rings. The van der Waals surface area contributed by atoms with Crippen LogP contribution in [0.4, 0.5) is 0 Å². The molecule has 0 aromatic heterocycles. The Morgan fingerprint density at radius 2 is 2.14 bits per heavy atom. The molecule has 2 N–H and O–H groups in total. The van der Waals surface area contributed by atoms with Crippen molar-refractivity contribution in [2.45, 2.75) is 12.5 Å². The van der Waals surface area contributed by atoms with E-state index in [0.717, 1.165) is 11.3 Å². The number of oxime groups is 1. The van der Waals surface area contributed by atoms with Crippen molar-refractivity contribution in [2.24, 2.45) is 10.9 Å². The lowest BCUT2D eigenvalue weighted by atomic mass is 10.1. The Bertz CT molecular complexity index is 375. The van der Waals surface area contributed by atoms with Crippen LogP contribution in [0, 0.1) is 0 Å². The van der Waals surface area contributed by atoms with Gasteiger partial charge in [-0.1, -0.05) is 47.7 Å². The van der Waals surface area contributed by atoms with E-state index in [1.807, 2.05) is 30.3 Å². The molecule has 1 aromatic carbocycles. The van der Waals surface area contributed by atoms with Gasteiger partial charge in [-0.3, -0.25) is 0 Å². The van der Waals surface area contributed by atoms with Crippen molar-refractivity contribution < 1.29 is 4.84 Å². The third-order valence-corrected chi connectivity index (χ3v) is 2.36. The second kappa shape index (κ2) is 3.75. The molecule has 0 aliphatic carbocycles. The normalized spacial score (nSPS) is 20.0. The topological polar surface area (TPSA) is 47.6 Å². The minimum absolute atomic E-state index is 0.236. The molecule has 14 heavy (non-hydrogen) atoms. The number of thiocarbonyl (C=S) groups is 1. The molecule has 1 aromatic rings. The van der Waals surface area contributed by atoms with Gasteiger partial charge in [0.05, 0.1) is 5.71 Å². The van der Waals surface area contributed by atoms with Crippen LogP contribution in [0.25, 0.3) is 0 Å². The molecule has 72 valence electrons. The first-order chi connectivity index (χ1) is 6.77. The van der Waals surface area contributed by atoms with Crippen LogP contribution in [-0.4, -0.2) is 16.8 Å². The van der Waals surface area contributed by atoms with Crippen molar-refractivity contribution in [3.8, 4) is 0 Å². The van der Waals surface area contributed by atoms with Gasteiger partial charge in [-0.2, -0.15) is 0 Å². The molecule has 1 aliphatic heterocycles. The molecule has 0 saturated heterocycles. The van der Waals surface area contributed by atoms with E-state index in [4.69, 9.17) is 22.8 Å². The van der Waals surface area contributed by atoms with Crippen molar-refractivity contribution in [2.75, 3.05) is 0 Å². The minimum Gasteiger partial charge on any atom is -0.390 e. The summed E-state index contributed by atoms with van der Waals surface area (Å²) in [7, 11) is 0. The highest BCUT2D eigenvalue weighted by atomic mass is 32.1. The smallest absolute Gasteiger partial charge is 0.182 e. The van der Waals surface area contributed by atoms with Crippen LogP contribution in [0.5, 0.6) is 0 Å². The summed E-state index contributed by atoms with van der Waals surface area (Å²) < 4.78 is 0. The molecule has 0 spiro atoms. The zero-order chi connectivity index (χ0) is 9.97. The van der Waals surface area contributed by atoms with Crippen LogP contribution in [0.2, 0.25) is 0 Å². The number of nitrogens with zero attached hydrogens (tertiary/aromatic N) is 1. The third-order valence-electron chi connectivity index (χ3n) is 2.09. The summed E-state index contributed by atoms with van der Waals surface area (Å²) in [6.45, 7) is 0. The van der Waals surface area contributed by atoms with Gasteiger partial charge < -0.3 is 10.6 Å². The maximum atomic E-state index is 5.47. The fourth-order valence-corrected chi connectivity index (χ4v) is 1.46. The monoisotopic (exact) mass is 206 g/mol. The van der Waals surface area contributed by atoms with Gasteiger partial charge in [-0.25, -0.2) is 0 Å². The van der Waals surface area contributed by atoms with Crippen molar-refractivity contribution in [1.82, 2.24) is 0 Å². The summed E-state index contributed by atoms with van der Waals surface area (Å²) in [5, 5.41) is 3.96. The molecule has 0 radical (unpaired) electrons. The number of hydrogen-bond acceptors (Lipinski definition) is 3. The van der Waals surface area contributed by atoms with Gasteiger partial charge in [0.2, 0.25) is 0 Å². The van der Waals surface area contributed by atoms with Crippen LogP contribution in [0.3, 0.4) is 0 Å². The molecule has 3 nitrogen and oxygen atoms in total. The number of nitrogens with two attached hydrogens (primary N) is 1. The Morgan fingerprint density at radius 1 is 1.43 bits per heavy atom. The summed E-state index contributed by atoms with van der Waals surface area (Å²) in [6.07, 6.45) is 0.430. The third kappa shape index (κ3) is 1.75. The number of hydrogen-bond donors (Lipinski definition) is 1. The van der Waals surface area contributed by atoms with Crippen LogP contribution < -0.4 is 5.73 Å². The summed E-state index contributed by atoms with van der Waals surface area (Å²) in [4.78, 5) is 5.46. The first-order valence-corrected chi connectivity index (χ1v) is 4.75. The van der Waals surface area contributed by atoms with Gasteiger partial charge >= 0.3 is 0 Å². The highest BCUT2D eigenvalue weighted by Gasteiger charge is 2.23. The second-order valence-electron chi connectivity index (χ2n) is 3.10. The summed E-state index contributed by atoms with van der Waals surface area (Å²) in [5.74, 6) is 0. The van der Waals surface area contributed by atoms with Gasteiger partial charge in [0.15, 0.2) is 6.10 Å². The molecular weight excluding hydrogens is 196 g/mol. The van der Waals surface area contributed by atoms with Crippen molar-refractivity contribution in [1.29, 1.82) is 0 Å². The molecule has 0 amide bonds. The zero-order valence-corrected chi connectivity index (χ0v) is 8.33. The predicted octanol–water partition coefficient (Wildman–Crippen LogP) is 1.47. The van der Waals surface area contributed by atoms with E-state index in [1.54, 1.807) is 0 Å². The Labute approximate surface area is 87.5 Å². The van der Waals surface area contributed by atoms with Crippen LogP contribution >= 0.6 is 12.2 Å². The molecule has 1 unspecified atom stereocenters. The molecular formula is C10H10N2OS. The number of benzene rings is 1. The molecule has 1 heterocycles. The SMILES string of the molecule is NC(=S)C1CC(c2ccccc2)=NO1. The van der Waals surface area contributed by atoms with Gasteiger partial charge in [0, 0.05) is 6.42 Å². The van der Waals surface area contributed by atoms with Crippen molar-refractivity contribution in [3.63, 3.8) is 0 Å². The average molecular weight is 206 g/mol. The van der Waals surface area contributed by atoms with Gasteiger partial charge in [-0.15, -0.1) is 0 Å². The largest absolute Gasteiger partial charge is 0.390 e. The van der Waals surface area contributed by atoms with E-state index in [1.165, 1.54) is 0 Å². The van der Waals surface area contributed by atoms with E-state index >= 15 is 0 Å². The maximum absolute atomic E-state index is 5.47. The Hall–Kier alpha value is -1.42. The van der Waals surface area contributed by atoms with E-state index in [0.29, 0.717) is 11.4 Å². The predicted molar refractivity (Wildman–Crippen MR) is 59.3 cm³/mol. The van der Waals surface area contributed by atoms with E-state index in [-0.39, 0.29) is 6.10 Å². The Morgan fingerprint density at radius 3 is 2.71 bits per heavy atom. The van der Waals surface area contributed by atoms with Crippen LogP contribution in [0.15, 0.2) is 35.5 Å². The zero-order valence-electron chi connectivity index (χ0n) is 7.51. The Kier molecular flexibility index (Phi) is 2.45. The van der Waals surface area contributed by atoms with E-state index < -0.39 is 0 Å². The van der Waals surface area contributed by atoms with Gasteiger partial charge in [0.25, 0.3) is 0 Å². The van der Waals surface area contributed by atoms with Gasteiger partial charge in [-0.05, 0) is 5.56 Å². The van der Waals surface area contributed by atoms with E-state index in [2.05, 4.69) is 5.16 Å². The Balaban J connectivity index is 2.13. The quantitative estimate of drug-likeness (QED) is 0.745. The lowest BCUT2D eigenvalue weighted by molar-refractivity contribution is 0.134. The highest BCUT2D eigenvalue weighted by Crippen LogP contribution is 2.16. The lowest BCUT2D eigenvalue weighted by Crippen LogP contribution is -2.26. The molecule has 0 saturated carbocycles. The fourth-order valence-electron chi connectivity index (χ4n) is 1.33. The summed E-state index contributed by atoms with van der Waals surface area (Å²) in [6, 6.07) is 9.87. The van der Waals surface area contributed by atoms with Crippen molar-refractivity contribution in [3.05, 3.63) is 35.9 Å². The standard InChI is InChI=1S/C10H10N2OS/c11-10(14)9-6-8(12-13-9)7-4-2-1-3-5-7/h1-5,9H,6H2,(H2,11,14). The van der Waals surface area contributed by atoms with Gasteiger partial charge in [0.1, 0.15) is 4.99 Å². The average Bonchev–Trinajstić information content (AvgIpc) is 2.68. The summed E-state index contributed by atoms with van der Waals surface area (Å²) in [5.41, 5.74) is 7.44. The minimum atomic E-state index is -0.236. The highest BCUT2D eigenvalue weighted by molar-refractivity contribution is 7.80. The van der Waals surface area contributed by atoms with Crippen LogP contribution in [-0.2, 0) is 4.84 Å². The van der Waals surface area contributed by atoms with Crippen molar-refractivity contribution >= 4 is 22.9 Å². The molecule has 2 rings (SSSR count). The first kappa shape index (κ1) is 9.15. The van der Waals surface area contributed by atoms with Crippen LogP contribution in [0.1, 0.15) is 12.0 Å². The lowest BCUT2D eigenvalue weighted by Gasteiger charge is -2.03. The van der Waals surface area contributed by atoms with E-state index in [9.17, 15) is 0 Å². The molecule has 1 atom stereocenters. The second-order valence-corrected chi connectivity index (χ2v) is 3.58. The molecule has 0 bridgehead atoms. The maximum Gasteiger partial charge on any atom is 0.182 e.